The van der Waals surface area contributed by atoms with Gasteiger partial charge in [0, 0.05) is 18.9 Å². The SMILES string of the molecule is CC1(C)C2CC[C@]3(C)C(C[C@@H](O)C4[C@@H]([C@@](C)(O)CCCNCc5cccnc5)CC[C@]43C)[C@@]2(C)CC[C@@H]1O. The highest BCUT2D eigenvalue weighted by molar-refractivity contribution is 5.20. The van der Waals surface area contributed by atoms with E-state index in [1.54, 1.807) is 6.20 Å². The predicted molar refractivity (Wildman–Crippen MR) is 152 cm³/mol. The minimum absolute atomic E-state index is 0.0245. The van der Waals surface area contributed by atoms with Crippen LogP contribution >= 0.6 is 0 Å². The summed E-state index contributed by atoms with van der Waals surface area (Å²) in [6.07, 6.45) is 12.0. The molecule has 0 aromatic carbocycles. The second-order valence-corrected chi connectivity index (χ2v) is 15.3. The highest BCUT2D eigenvalue weighted by Gasteiger charge is 2.71. The fourth-order valence-corrected chi connectivity index (χ4v) is 10.9. The number of hydrogen-bond donors (Lipinski definition) is 4. The first kappa shape index (κ1) is 28.5. The first-order valence-electron chi connectivity index (χ1n) is 15.5. The van der Waals surface area contributed by atoms with Crippen molar-refractivity contribution in [1.82, 2.24) is 10.3 Å². The van der Waals surface area contributed by atoms with Gasteiger partial charge in [-0.1, -0.05) is 40.7 Å². The first-order chi connectivity index (χ1) is 17.8. The Morgan fingerprint density at radius 2 is 1.74 bits per heavy atom. The van der Waals surface area contributed by atoms with Crippen LogP contribution in [-0.2, 0) is 6.54 Å². The Labute approximate surface area is 231 Å². The topological polar surface area (TPSA) is 85.6 Å². The molecule has 10 atom stereocenters. The van der Waals surface area contributed by atoms with Gasteiger partial charge in [0.2, 0.25) is 0 Å². The molecule has 0 bridgehead atoms. The molecule has 0 amide bonds. The zero-order valence-electron chi connectivity index (χ0n) is 24.8. The molecule has 1 heterocycles. The Morgan fingerprint density at radius 1 is 1.00 bits per heavy atom. The van der Waals surface area contributed by atoms with Crippen molar-refractivity contribution >= 4 is 0 Å². The van der Waals surface area contributed by atoms with Crippen LogP contribution < -0.4 is 5.32 Å². The maximum absolute atomic E-state index is 11.9. The fourth-order valence-electron chi connectivity index (χ4n) is 10.9. The third-order valence-corrected chi connectivity index (χ3v) is 13.3. The molecule has 4 aliphatic rings. The second-order valence-electron chi connectivity index (χ2n) is 15.3. The maximum atomic E-state index is 11.9. The van der Waals surface area contributed by atoms with Gasteiger partial charge in [0.15, 0.2) is 0 Å². The molecule has 0 radical (unpaired) electrons. The summed E-state index contributed by atoms with van der Waals surface area (Å²) in [5, 5.41) is 38.1. The normalized spacial score (nSPS) is 45.5. The quantitative estimate of drug-likeness (QED) is 0.342. The van der Waals surface area contributed by atoms with Crippen LogP contribution in [0.25, 0.3) is 0 Å². The van der Waals surface area contributed by atoms with Crippen LogP contribution in [0.5, 0.6) is 0 Å². The van der Waals surface area contributed by atoms with E-state index in [-0.39, 0.29) is 45.7 Å². The molecule has 0 spiro atoms. The molecule has 0 aliphatic heterocycles. The number of hydrogen-bond acceptors (Lipinski definition) is 5. The van der Waals surface area contributed by atoms with E-state index in [2.05, 4.69) is 51.0 Å². The van der Waals surface area contributed by atoms with E-state index in [0.29, 0.717) is 11.8 Å². The van der Waals surface area contributed by atoms with Crippen LogP contribution in [0.1, 0.15) is 105 Å². The fraction of sp³-hybridized carbons (Fsp3) is 0.848. The van der Waals surface area contributed by atoms with E-state index in [1.165, 1.54) is 12.0 Å². The molecule has 5 rings (SSSR count). The predicted octanol–water partition coefficient (Wildman–Crippen LogP) is 5.72. The third kappa shape index (κ3) is 4.30. The summed E-state index contributed by atoms with van der Waals surface area (Å²) >= 11 is 0. The van der Waals surface area contributed by atoms with Crippen molar-refractivity contribution in [2.24, 2.45) is 45.3 Å². The summed E-state index contributed by atoms with van der Waals surface area (Å²) in [5.74, 6) is 1.22. The van der Waals surface area contributed by atoms with Crippen LogP contribution in [0.3, 0.4) is 0 Å². The van der Waals surface area contributed by atoms with E-state index >= 15 is 0 Å². The number of nitrogens with zero attached hydrogens (tertiary/aromatic N) is 1. The Kier molecular flexibility index (Phi) is 7.37. The molecule has 1 aromatic heterocycles. The van der Waals surface area contributed by atoms with Crippen LogP contribution in [0.2, 0.25) is 0 Å². The van der Waals surface area contributed by atoms with Gasteiger partial charge in [-0.2, -0.15) is 0 Å². The summed E-state index contributed by atoms with van der Waals surface area (Å²) in [4.78, 5) is 4.18. The van der Waals surface area contributed by atoms with E-state index < -0.39 is 5.60 Å². The largest absolute Gasteiger partial charge is 0.393 e. The highest BCUT2D eigenvalue weighted by atomic mass is 16.3. The van der Waals surface area contributed by atoms with Crippen molar-refractivity contribution in [3.63, 3.8) is 0 Å². The van der Waals surface area contributed by atoms with Gasteiger partial charge in [0.1, 0.15) is 0 Å². The molecule has 3 unspecified atom stereocenters. The molecule has 5 nitrogen and oxygen atoms in total. The third-order valence-electron chi connectivity index (χ3n) is 13.3. The zero-order valence-corrected chi connectivity index (χ0v) is 24.8. The van der Waals surface area contributed by atoms with Gasteiger partial charge in [0.05, 0.1) is 17.8 Å². The Morgan fingerprint density at radius 3 is 2.45 bits per heavy atom. The summed E-state index contributed by atoms with van der Waals surface area (Å²) in [6, 6.07) is 4.04. The van der Waals surface area contributed by atoms with E-state index in [0.717, 1.165) is 64.5 Å². The lowest BCUT2D eigenvalue weighted by molar-refractivity contribution is -0.246. The van der Waals surface area contributed by atoms with Crippen LogP contribution in [0, 0.1) is 45.3 Å². The van der Waals surface area contributed by atoms with Gasteiger partial charge < -0.3 is 20.6 Å². The number of rotatable bonds is 7. The number of nitrogens with one attached hydrogen (secondary N) is 1. The Balaban J connectivity index is 1.30. The average Bonchev–Trinajstić information content (AvgIpc) is 3.25. The number of aromatic nitrogens is 1. The monoisotopic (exact) mass is 526 g/mol. The van der Waals surface area contributed by atoms with Gasteiger partial charge >= 0.3 is 0 Å². The molecule has 4 aliphatic carbocycles. The smallest absolute Gasteiger partial charge is 0.0652 e. The molecule has 4 fully saturated rings. The molecular formula is C33H54N2O3. The molecular weight excluding hydrogens is 472 g/mol. The number of aliphatic hydroxyl groups is 3. The number of aliphatic hydroxyl groups excluding tert-OH is 2. The van der Waals surface area contributed by atoms with Crippen molar-refractivity contribution in [1.29, 1.82) is 0 Å². The highest BCUT2D eigenvalue weighted by Crippen LogP contribution is 2.75. The van der Waals surface area contributed by atoms with Crippen molar-refractivity contribution in [3.8, 4) is 0 Å². The van der Waals surface area contributed by atoms with Gasteiger partial charge in [0.25, 0.3) is 0 Å². The molecule has 1 aromatic rings. The minimum Gasteiger partial charge on any atom is -0.393 e. The van der Waals surface area contributed by atoms with Crippen molar-refractivity contribution in [3.05, 3.63) is 30.1 Å². The minimum atomic E-state index is -0.777. The molecule has 4 N–H and O–H groups in total. The summed E-state index contributed by atoms with van der Waals surface area (Å²) in [7, 11) is 0. The average molecular weight is 527 g/mol. The summed E-state index contributed by atoms with van der Waals surface area (Å²) in [6.45, 7) is 15.7. The van der Waals surface area contributed by atoms with E-state index in [4.69, 9.17) is 0 Å². The van der Waals surface area contributed by atoms with E-state index in [1.807, 2.05) is 19.2 Å². The molecule has 5 heteroatoms. The lowest BCUT2D eigenvalue weighted by atomic mass is 9.35. The molecule has 0 saturated heterocycles. The van der Waals surface area contributed by atoms with Gasteiger partial charge in [-0.05, 0) is 128 Å². The lowest BCUT2D eigenvalue weighted by Crippen LogP contribution is -2.66. The first-order valence-corrected chi connectivity index (χ1v) is 15.5. The summed E-state index contributed by atoms with van der Waals surface area (Å²) < 4.78 is 0. The van der Waals surface area contributed by atoms with Crippen LogP contribution in [0.4, 0.5) is 0 Å². The molecule has 4 saturated carbocycles. The standard InChI is InChI=1S/C33H54N2O3/c1-29(2)25-11-16-31(4)26(30(25,3)14-12-27(29)37)19-24(36)28-23(10-15-32(28,31)5)33(6,38)13-8-18-35-21-22-9-7-17-34-20-22/h7,9,17,20,23-28,35-38H,8,10-16,18-19,21H2,1-6H3/t23-,24+,25?,26?,27-,28?,30-,31+,32+,33-/m0/s1. The molecule has 214 valence electrons. The van der Waals surface area contributed by atoms with Crippen molar-refractivity contribution in [2.75, 3.05) is 6.54 Å². The number of fused-ring (bicyclic) bond motifs is 5. The van der Waals surface area contributed by atoms with E-state index in [9.17, 15) is 15.3 Å². The number of pyridine rings is 1. The van der Waals surface area contributed by atoms with Crippen molar-refractivity contribution < 1.29 is 15.3 Å². The lowest BCUT2D eigenvalue weighted by Gasteiger charge is -2.70. The Bertz CT molecular complexity index is 982. The van der Waals surface area contributed by atoms with Crippen LogP contribution in [0.15, 0.2) is 24.5 Å². The second kappa shape index (κ2) is 9.82. The van der Waals surface area contributed by atoms with Gasteiger partial charge in [-0.25, -0.2) is 0 Å². The maximum Gasteiger partial charge on any atom is 0.0652 e. The summed E-state index contributed by atoms with van der Waals surface area (Å²) in [5.41, 5.74) is 0.640. The van der Waals surface area contributed by atoms with Crippen LogP contribution in [-0.4, -0.2) is 44.7 Å². The molecule has 38 heavy (non-hydrogen) atoms. The Hall–Kier alpha value is -1.01. The van der Waals surface area contributed by atoms with Crippen molar-refractivity contribution in [2.45, 2.75) is 124 Å². The van der Waals surface area contributed by atoms with Gasteiger partial charge in [-0.15, -0.1) is 0 Å². The zero-order chi connectivity index (χ0) is 27.6. The van der Waals surface area contributed by atoms with Gasteiger partial charge in [-0.3, -0.25) is 4.98 Å².